The number of anilines is 1. The molecule has 1 aliphatic heterocycles. The molecular formula is C22H27N3O2. The molecule has 5 heteroatoms. The van der Waals surface area contributed by atoms with Crippen LogP contribution in [0.15, 0.2) is 54.6 Å². The molecule has 27 heavy (non-hydrogen) atoms. The normalized spacial score (nSPS) is 16.9. The molecule has 3 amide bonds. The van der Waals surface area contributed by atoms with E-state index in [2.05, 4.69) is 16.7 Å². The number of carbonyl (C=O) groups excluding carboxylic acids is 2. The fourth-order valence-electron chi connectivity index (χ4n) is 3.44. The Morgan fingerprint density at radius 3 is 2.59 bits per heavy atom. The molecule has 0 saturated carbocycles. The first-order valence-electron chi connectivity index (χ1n) is 9.54. The van der Waals surface area contributed by atoms with Crippen molar-refractivity contribution in [2.45, 2.75) is 38.6 Å². The Morgan fingerprint density at radius 1 is 1.07 bits per heavy atom. The maximum absolute atomic E-state index is 12.6. The van der Waals surface area contributed by atoms with E-state index in [0.29, 0.717) is 12.1 Å². The van der Waals surface area contributed by atoms with Crippen LogP contribution in [0.4, 0.5) is 10.5 Å². The lowest BCUT2D eigenvalue weighted by Crippen LogP contribution is -2.41. The van der Waals surface area contributed by atoms with Crippen LogP contribution in [-0.4, -0.2) is 36.0 Å². The van der Waals surface area contributed by atoms with Gasteiger partial charge in [-0.1, -0.05) is 30.3 Å². The van der Waals surface area contributed by atoms with Crippen molar-refractivity contribution >= 4 is 17.6 Å². The predicted molar refractivity (Wildman–Crippen MR) is 108 cm³/mol. The molecule has 1 saturated heterocycles. The van der Waals surface area contributed by atoms with Crippen LogP contribution in [0.1, 0.15) is 48.5 Å². The number of hydrogen-bond donors (Lipinski definition) is 2. The Bertz CT molecular complexity index is 789. The fraction of sp³-hybridized carbons (Fsp3) is 0.364. The number of hydrogen-bond acceptors (Lipinski definition) is 2. The summed E-state index contributed by atoms with van der Waals surface area (Å²) in [6, 6.07) is 17.3. The van der Waals surface area contributed by atoms with Crippen molar-refractivity contribution in [1.82, 2.24) is 10.2 Å². The van der Waals surface area contributed by atoms with Gasteiger partial charge < -0.3 is 15.5 Å². The topological polar surface area (TPSA) is 61.4 Å². The maximum atomic E-state index is 12.6. The standard InChI is InChI=1S/C22H27N3O2/c1-16(2)23-21(26)18-9-6-8-17(14-18)19-10-7-13-25(15-19)22(27)24-20-11-4-3-5-12-20/h3-6,8-9,11-12,14,16,19H,7,10,13,15H2,1-2H3,(H,23,26)(H,24,27). The van der Waals surface area contributed by atoms with E-state index in [1.54, 1.807) is 0 Å². The maximum Gasteiger partial charge on any atom is 0.321 e. The summed E-state index contributed by atoms with van der Waals surface area (Å²) in [6.07, 6.45) is 1.97. The van der Waals surface area contributed by atoms with Gasteiger partial charge in [0.05, 0.1) is 0 Å². The van der Waals surface area contributed by atoms with E-state index in [-0.39, 0.29) is 23.9 Å². The number of piperidine rings is 1. The van der Waals surface area contributed by atoms with Crippen molar-refractivity contribution < 1.29 is 9.59 Å². The van der Waals surface area contributed by atoms with Crippen LogP contribution in [0.2, 0.25) is 0 Å². The zero-order valence-electron chi connectivity index (χ0n) is 15.9. The highest BCUT2D eigenvalue weighted by Gasteiger charge is 2.25. The smallest absolute Gasteiger partial charge is 0.321 e. The van der Waals surface area contributed by atoms with Crippen LogP contribution in [0, 0.1) is 0 Å². The first kappa shape index (κ1) is 19.0. The molecule has 2 aromatic carbocycles. The van der Waals surface area contributed by atoms with E-state index in [4.69, 9.17) is 0 Å². The molecule has 0 radical (unpaired) electrons. The average Bonchev–Trinajstić information content (AvgIpc) is 2.68. The Kier molecular flexibility index (Phi) is 6.12. The third-order valence-electron chi connectivity index (χ3n) is 4.77. The SMILES string of the molecule is CC(C)NC(=O)c1cccc(C2CCCN(C(=O)Nc3ccccc3)C2)c1. The number of para-hydroxylation sites is 1. The minimum atomic E-state index is -0.0698. The highest BCUT2D eigenvalue weighted by atomic mass is 16.2. The number of carbonyl (C=O) groups is 2. The van der Waals surface area contributed by atoms with Crippen LogP contribution >= 0.6 is 0 Å². The van der Waals surface area contributed by atoms with Crippen molar-refractivity contribution in [3.63, 3.8) is 0 Å². The molecule has 1 heterocycles. The molecule has 1 unspecified atom stereocenters. The number of nitrogens with one attached hydrogen (secondary N) is 2. The van der Waals surface area contributed by atoms with E-state index < -0.39 is 0 Å². The number of urea groups is 1. The molecule has 0 bridgehead atoms. The minimum Gasteiger partial charge on any atom is -0.350 e. The van der Waals surface area contributed by atoms with Crippen molar-refractivity contribution in [2.24, 2.45) is 0 Å². The third-order valence-corrected chi connectivity index (χ3v) is 4.77. The van der Waals surface area contributed by atoms with Gasteiger partial charge >= 0.3 is 6.03 Å². The number of benzene rings is 2. The van der Waals surface area contributed by atoms with E-state index in [1.165, 1.54) is 0 Å². The fourth-order valence-corrected chi connectivity index (χ4v) is 3.44. The molecule has 0 spiro atoms. The molecule has 1 atom stereocenters. The molecule has 1 aliphatic rings. The quantitative estimate of drug-likeness (QED) is 0.851. The van der Waals surface area contributed by atoms with Gasteiger partial charge in [0.25, 0.3) is 5.91 Å². The minimum absolute atomic E-state index is 0.0543. The molecule has 5 nitrogen and oxygen atoms in total. The van der Waals surface area contributed by atoms with Gasteiger partial charge in [0.1, 0.15) is 0 Å². The zero-order chi connectivity index (χ0) is 19.2. The summed E-state index contributed by atoms with van der Waals surface area (Å²) in [4.78, 5) is 26.7. The van der Waals surface area contributed by atoms with Gasteiger partial charge in [0.15, 0.2) is 0 Å². The summed E-state index contributed by atoms with van der Waals surface area (Å²) in [5.74, 6) is 0.188. The van der Waals surface area contributed by atoms with Crippen LogP contribution < -0.4 is 10.6 Å². The molecule has 3 rings (SSSR count). The highest BCUT2D eigenvalue weighted by Crippen LogP contribution is 2.28. The van der Waals surface area contributed by atoms with E-state index in [1.807, 2.05) is 67.3 Å². The monoisotopic (exact) mass is 365 g/mol. The third kappa shape index (κ3) is 5.09. The summed E-state index contributed by atoms with van der Waals surface area (Å²) < 4.78 is 0. The molecule has 142 valence electrons. The van der Waals surface area contributed by atoms with E-state index in [0.717, 1.165) is 30.6 Å². The Hall–Kier alpha value is -2.82. The molecular weight excluding hydrogens is 338 g/mol. The van der Waals surface area contributed by atoms with Gasteiger partial charge in [-0.3, -0.25) is 4.79 Å². The number of amides is 3. The Labute approximate surface area is 160 Å². The van der Waals surface area contributed by atoms with Crippen molar-refractivity contribution in [2.75, 3.05) is 18.4 Å². The number of nitrogens with zero attached hydrogens (tertiary/aromatic N) is 1. The second-order valence-electron chi connectivity index (χ2n) is 7.33. The van der Waals surface area contributed by atoms with Gasteiger partial charge in [-0.2, -0.15) is 0 Å². The summed E-state index contributed by atoms with van der Waals surface area (Å²) in [6.45, 7) is 5.31. The average molecular weight is 365 g/mol. The second kappa shape index (κ2) is 8.71. The van der Waals surface area contributed by atoms with Crippen molar-refractivity contribution in [3.05, 3.63) is 65.7 Å². The lowest BCUT2D eigenvalue weighted by molar-refractivity contribution is 0.0943. The van der Waals surface area contributed by atoms with Crippen molar-refractivity contribution in [3.8, 4) is 0 Å². The van der Waals surface area contributed by atoms with Crippen LogP contribution in [-0.2, 0) is 0 Å². The molecule has 2 aromatic rings. The van der Waals surface area contributed by atoms with Crippen LogP contribution in [0.5, 0.6) is 0 Å². The molecule has 1 fully saturated rings. The number of likely N-dealkylation sites (tertiary alicyclic amines) is 1. The van der Waals surface area contributed by atoms with Crippen molar-refractivity contribution in [1.29, 1.82) is 0 Å². The van der Waals surface area contributed by atoms with E-state index >= 15 is 0 Å². The highest BCUT2D eigenvalue weighted by molar-refractivity contribution is 5.94. The Balaban J connectivity index is 1.67. The summed E-state index contributed by atoms with van der Waals surface area (Å²) in [5, 5.41) is 5.89. The van der Waals surface area contributed by atoms with Crippen LogP contribution in [0.25, 0.3) is 0 Å². The number of rotatable bonds is 4. The lowest BCUT2D eigenvalue weighted by Gasteiger charge is -2.33. The second-order valence-corrected chi connectivity index (χ2v) is 7.33. The lowest BCUT2D eigenvalue weighted by atomic mass is 9.89. The Morgan fingerprint density at radius 2 is 1.85 bits per heavy atom. The first-order valence-corrected chi connectivity index (χ1v) is 9.54. The summed E-state index contributed by atoms with van der Waals surface area (Å²) >= 11 is 0. The van der Waals surface area contributed by atoms with Crippen LogP contribution in [0.3, 0.4) is 0 Å². The van der Waals surface area contributed by atoms with Gasteiger partial charge in [-0.05, 0) is 56.5 Å². The predicted octanol–water partition coefficient (Wildman–Crippen LogP) is 4.24. The molecule has 2 N–H and O–H groups in total. The zero-order valence-corrected chi connectivity index (χ0v) is 15.9. The van der Waals surface area contributed by atoms with Gasteiger partial charge in [-0.15, -0.1) is 0 Å². The summed E-state index contributed by atoms with van der Waals surface area (Å²) in [5.41, 5.74) is 2.59. The van der Waals surface area contributed by atoms with Gasteiger partial charge in [0, 0.05) is 36.3 Å². The van der Waals surface area contributed by atoms with E-state index in [9.17, 15) is 9.59 Å². The van der Waals surface area contributed by atoms with Gasteiger partial charge in [-0.25, -0.2) is 4.79 Å². The van der Waals surface area contributed by atoms with Gasteiger partial charge in [0.2, 0.25) is 0 Å². The molecule has 0 aromatic heterocycles. The molecule has 0 aliphatic carbocycles. The largest absolute Gasteiger partial charge is 0.350 e. The summed E-state index contributed by atoms with van der Waals surface area (Å²) in [7, 11) is 0. The first-order chi connectivity index (χ1) is 13.0.